The van der Waals surface area contributed by atoms with E-state index in [9.17, 15) is 14.3 Å². The first kappa shape index (κ1) is 15.9. The predicted molar refractivity (Wildman–Crippen MR) is 77.0 cm³/mol. The number of nitrogens with zero attached hydrogens (tertiary/aromatic N) is 1. The number of rotatable bonds is 6. The highest BCUT2D eigenvalue weighted by Crippen LogP contribution is 2.23. The number of aliphatic hydroxyl groups excluding tert-OH is 1. The molecule has 0 aromatic carbocycles. The van der Waals surface area contributed by atoms with Crippen LogP contribution in [0.5, 0.6) is 0 Å². The van der Waals surface area contributed by atoms with E-state index in [4.69, 9.17) is 0 Å². The highest BCUT2D eigenvalue weighted by atomic mass is 19.1. The summed E-state index contributed by atoms with van der Waals surface area (Å²) in [5.41, 5.74) is 0.158. The Morgan fingerprint density at radius 3 is 2.95 bits per heavy atom. The van der Waals surface area contributed by atoms with Gasteiger partial charge in [0.05, 0.1) is 12.3 Å². The Morgan fingerprint density at radius 2 is 2.33 bits per heavy atom. The number of halogens is 1. The van der Waals surface area contributed by atoms with Crippen molar-refractivity contribution in [1.82, 2.24) is 15.6 Å². The molecule has 1 aliphatic heterocycles. The fourth-order valence-electron chi connectivity index (χ4n) is 2.63. The number of pyridine rings is 1. The van der Waals surface area contributed by atoms with E-state index in [0.717, 1.165) is 19.2 Å². The smallest absolute Gasteiger partial charge is 0.223 e. The lowest BCUT2D eigenvalue weighted by atomic mass is 9.89. The maximum Gasteiger partial charge on any atom is 0.223 e. The number of aromatic nitrogens is 1. The minimum Gasteiger partial charge on any atom is -0.387 e. The summed E-state index contributed by atoms with van der Waals surface area (Å²) >= 11 is 0. The van der Waals surface area contributed by atoms with Crippen molar-refractivity contribution in [2.24, 2.45) is 5.92 Å². The Balaban J connectivity index is 1.87. The largest absolute Gasteiger partial charge is 0.387 e. The van der Waals surface area contributed by atoms with Crippen molar-refractivity contribution in [2.45, 2.75) is 38.3 Å². The molecule has 0 radical (unpaired) electrons. The normalized spacial score (nSPS) is 20.4. The molecule has 0 aliphatic carbocycles. The van der Waals surface area contributed by atoms with E-state index < -0.39 is 11.9 Å². The Hall–Kier alpha value is -1.53. The number of aliphatic hydroxyl groups is 1. The second kappa shape index (κ2) is 6.49. The van der Waals surface area contributed by atoms with Crippen LogP contribution in [-0.2, 0) is 4.79 Å². The van der Waals surface area contributed by atoms with Gasteiger partial charge in [-0.1, -0.05) is 0 Å². The van der Waals surface area contributed by atoms with Gasteiger partial charge in [-0.15, -0.1) is 0 Å². The van der Waals surface area contributed by atoms with Crippen molar-refractivity contribution in [1.29, 1.82) is 0 Å². The summed E-state index contributed by atoms with van der Waals surface area (Å²) in [5, 5.41) is 16.1. The van der Waals surface area contributed by atoms with E-state index in [1.165, 1.54) is 12.3 Å². The summed E-state index contributed by atoms with van der Waals surface area (Å²) in [6.07, 6.45) is 3.27. The predicted octanol–water partition coefficient (Wildman–Crippen LogP) is 1.15. The van der Waals surface area contributed by atoms with Crippen LogP contribution < -0.4 is 10.6 Å². The van der Waals surface area contributed by atoms with Crippen molar-refractivity contribution in [3.05, 3.63) is 29.8 Å². The summed E-state index contributed by atoms with van der Waals surface area (Å²) < 4.78 is 13.1. The second-order valence-corrected chi connectivity index (χ2v) is 6.20. The number of carbonyl (C=O) groups excluding carboxylic acids is 1. The Morgan fingerprint density at radius 1 is 1.57 bits per heavy atom. The number of carbonyl (C=O) groups is 1. The fourth-order valence-corrected chi connectivity index (χ4v) is 2.63. The highest BCUT2D eigenvalue weighted by Gasteiger charge is 2.31. The van der Waals surface area contributed by atoms with Crippen LogP contribution >= 0.6 is 0 Å². The van der Waals surface area contributed by atoms with Gasteiger partial charge < -0.3 is 15.7 Å². The summed E-state index contributed by atoms with van der Waals surface area (Å²) in [6.45, 7) is 5.01. The van der Waals surface area contributed by atoms with Gasteiger partial charge in [0, 0.05) is 36.3 Å². The number of amides is 1. The average molecular weight is 295 g/mol. The Labute approximate surface area is 124 Å². The molecule has 1 fully saturated rings. The molecule has 2 rings (SSSR count). The van der Waals surface area contributed by atoms with Crippen LogP contribution in [-0.4, -0.2) is 34.6 Å². The first-order valence-corrected chi connectivity index (χ1v) is 7.19. The monoisotopic (exact) mass is 295 g/mol. The van der Waals surface area contributed by atoms with E-state index in [1.807, 2.05) is 13.8 Å². The molecular formula is C15H22FN3O2. The van der Waals surface area contributed by atoms with Gasteiger partial charge in [0.25, 0.3) is 0 Å². The van der Waals surface area contributed by atoms with E-state index in [-0.39, 0.29) is 23.9 Å². The van der Waals surface area contributed by atoms with Gasteiger partial charge >= 0.3 is 0 Å². The van der Waals surface area contributed by atoms with Gasteiger partial charge in [-0.3, -0.25) is 9.78 Å². The third-order valence-corrected chi connectivity index (χ3v) is 3.80. The Bertz CT molecular complexity index is 507. The van der Waals surface area contributed by atoms with Crippen molar-refractivity contribution in [3.63, 3.8) is 0 Å². The van der Waals surface area contributed by atoms with Crippen LogP contribution in [0, 0.1) is 11.7 Å². The molecule has 2 heterocycles. The molecule has 0 bridgehead atoms. The number of hydrogen-bond acceptors (Lipinski definition) is 4. The molecule has 1 aromatic rings. The maximum atomic E-state index is 13.1. The zero-order valence-electron chi connectivity index (χ0n) is 12.4. The molecule has 1 aliphatic rings. The average Bonchev–Trinajstić information content (AvgIpc) is 2.81. The van der Waals surface area contributed by atoms with Gasteiger partial charge in [0.2, 0.25) is 5.91 Å². The first-order chi connectivity index (χ1) is 9.87. The highest BCUT2D eigenvalue weighted by molar-refractivity contribution is 5.80. The van der Waals surface area contributed by atoms with Crippen molar-refractivity contribution in [3.8, 4) is 0 Å². The third-order valence-electron chi connectivity index (χ3n) is 3.80. The van der Waals surface area contributed by atoms with Crippen LogP contribution in [0.1, 0.15) is 38.4 Å². The minimum atomic E-state index is -0.829. The van der Waals surface area contributed by atoms with Crippen LogP contribution in [0.2, 0.25) is 0 Å². The van der Waals surface area contributed by atoms with Crippen molar-refractivity contribution in [2.75, 3.05) is 13.1 Å². The molecule has 5 nitrogen and oxygen atoms in total. The zero-order valence-corrected chi connectivity index (χ0v) is 12.4. The molecule has 2 atom stereocenters. The molecule has 0 saturated carbocycles. The van der Waals surface area contributed by atoms with E-state index in [0.29, 0.717) is 12.0 Å². The third kappa shape index (κ3) is 4.47. The fraction of sp³-hybridized carbons (Fsp3) is 0.600. The Kier molecular flexibility index (Phi) is 4.90. The quantitative estimate of drug-likeness (QED) is 0.736. The van der Waals surface area contributed by atoms with E-state index in [2.05, 4.69) is 15.6 Å². The molecular weight excluding hydrogens is 273 g/mol. The lowest BCUT2D eigenvalue weighted by molar-refractivity contribution is -0.123. The molecule has 0 unspecified atom stereocenters. The van der Waals surface area contributed by atoms with Gasteiger partial charge in [0.1, 0.15) is 5.82 Å². The summed E-state index contributed by atoms with van der Waals surface area (Å²) in [6, 6.07) is 1.27. The number of β-amino-alcohol motifs (C(OH)–C–C–N with tert-alkyl or cyclic N) is 1. The summed E-state index contributed by atoms with van der Waals surface area (Å²) in [4.78, 5) is 15.3. The molecule has 3 N–H and O–H groups in total. The van der Waals surface area contributed by atoms with Crippen LogP contribution in [0.4, 0.5) is 4.39 Å². The van der Waals surface area contributed by atoms with Gasteiger partial charge in [-0.05, 0) is 32.8 Å². The molecule has 0 spiro atoms. The van der Waals surface area contributed by atoms with E-state index in [1.54, 1.807) is 0 Å². The van der Waals surface area contributed by atoms with Gasteiger partial charge in [-0.25, -0.2) is 4.39 Å². The second-order valence-electron chi connectivity index (χ2n) is 6.20. The molecule has 1 aromatic heterocycles. The van der Waals surface area contributed by atoms with Gasteiger partial charge in [0.15, 0.2) is 0 Å². The first-order valence-electron chi connectivity index (χ1n) is 7.19. The van der Waals surface area contributed by atoms with Crippen molar-refractivity contribution >= 4 is 5.91 Å². The number of hydrogen-bond donors (Lipinski definition) is 3. The lowest BCUT2D eigenvalue weighted by Gasteiger charge is -2.29. The minimum absolute atomic E-state index is 0.0143. The van der Waals surface area contributed by atoms with Crippen LogP contribution in [0.25, 0.3) is 0 Å². The topological polar surface area (TPSA) is 74.2 Å². The SMILES string of the molecule is CC(C)(C[C@H]1CCNC1=O)NC[C@H](O)c1cncc(F)c1. The molecule has 116 valence electrons. The lowest BCUT2D eigenvalue weighted by Crippen LogP contribution is -2.44. The molecule has 1 amide bonds. The molecule has 6 heteroatoms. The van der Waals surface area contributed by atoms with E-state index >= 15 is 0 Å². The van der Waals surface area contributed by atoms with Gasteiger partial charge in [-0.2, -0.15) is 0 Å². The zero-order chi connectivity index (χ0) is 15.5. The van der Waals surface area contributed by atoms with Crippen LogP contribution in [0.3, 0.4) is 0 Å². The standard InChI is InChI=1S/C15H22FN3O2/c1-15(2,6-10-3-4-18-14(10)21)19-9-13(20)11-5-12(16)8-17-7-11/h5,7-8,10,13,19-20H,3-4,6,9H2,1-2H3,(H,18,21)/t10-,13+/m1/s1. The molecule has 1 saturated heterocycles. The summed E-state index contributed by atoms with van der Waals surface area (Å²) in [5.74, 6) is -0.353. The molecule has 21 heavy (non-hydrogen) atoms. The van der Waals surface area contributed by atoms with Crippen molar-refractivity contribution < 1.29 is 14.3 Å². The number of nitrogens with one attached hydrogen (secondary N) is 2. The summed E-state index contributed by atoms with van der Waals surface area (Å²) in [7, 11) is 0. The maximum absolute atomic E-state index is 13.1. The van der Waals surface area contributed by atoms with Crippen LogP contribution in [0.15, 0.2) is 18.5 Å².